The average Bonchev–Trinajstić information content (AvgIpc) is 3.21. The van der Waals surface area contributed by atoms with Crippen molar-refractivity contribution in [3.05, 3.63) is 90.3 Å². The Kier molecular flexibility index (Phi) is 16.9. The minimum absolute atomic E-state index is 0.0514. The highest BCUT2D eigenvalue weighted by molar-refractivity contribution is 6.02. The molecule has 0 spiro atoms. The Bertz CT molecular complexity index is 1680. The van der Waals surface area contributed by atoms with Crippen molar-refractivity contribution in [1.29, 1.82) is 0 Å². The Hall–Kier alpha value is -4.27. The number of benzene rings is 1. The Morgan fingerprint density at radius 1 is 1.04 bits per heavy atom. The van der Waals surface area contributed by atoms with Gasteiger partial charge in [0.2, 0.25) is 5.79 Å². The van der Waals surface area contributed by atoms with Gasteiger partial charge in [-0.3, -0.25) is 9.88 Å². The molecule has 57 heavy (non-hydrogen) atoms. The van der Waals surface area contributed by atoms with Crippen LogP contribution in [-0.4, -0.2) is 109 Å². The molecule has 13 nitrogen and oxygen atoms in total. The highest BCUT2D eigenvalue weighted by atomic mass is 16.7. The Morgan fingerprint density at radius 2 is 1.84 bits per heavy atom. The van der Waals surface area contributed by atoms with Crippen molar-refractivity contribution in [2.75, 3.05) is 59.9 Å². The van der Waals surface area contributed by atoms with E-state index >= 15 is 0 Å². The second kappa shape index (κ2) is 22.0. The van der Waals surface area contributed by atoms with E-state index in [0.717, 1.165) is 48.2 Å². The second-order valence-corrected chi connectivity index (χ2v) is 14.7. The SMILES string of the molecule is C=CCCOC(=O)N(CCOCCO)[C@H]1CC(=NOC)C2=C[C@H](CCCCO)[C@@H](CCCCO)[C@@H]3c4cc(OCc5cccc(C)n5)ccc4O[C@@]1(OCC=C)[C@H]23. The lowest BCUT2D eigenvalue weighted by Gasteiger charge is -2.59. The number of carbonyl (C=O) groups is 1. The third kappa shape index (κ3) is 10.6. The first-order chi connectivity index (χ1) is 27.8. The van der Waals surface area contributed by atoms with Gasteiger partial charge < -0.3 is 43.8 Å². The van der Waals surface area contributed by atoms with Crippen molar-refractivity contribution < 1.29 is 48.6 Å². The number of fused-ring (bicyclic) bond motifs is 2. The van der Waals surface area contributed by atoms with Crippen molar-refractivity contribution in [2.45, 2.75) is 82.6 Å². The molecule has 2 aromatic rings. The van der Waals surface area contributed by atoms with Crippen LogP contribution in [0, 0.1) is 24.7 Å². The molecular weight excluding hydrogens is 730 g/mol. The highest BCUT2D eigenvalue weighted by Crippen LogP contribution is 2.62. The smallest absolute Gasteiger partial charge is 0.410 e. The van der Waals surface area contributed by atoms with Gasteiger partial charge in [0.1, 0.15) is 31.3 Å². The maximum absolute atomic E-state index is 14.2. The minimum atomic E-state index is -1.45. The van der Waals surface area contributed by atoms with Crippen LogP contribution in [0.4, 0.5) is 4.79 Å². The minimum Gasteiger partial charge on any atom is -0.487 e. The van der Waals surface area contributed by atoms with E-state index in [9.17, 15) is 20.1 Å². The van der Waals surface area contributed by atoms with Crippen molar-refractivity contribution in [1.82, 2.24) is 9.88 Å². The molecule has 3 aliphatic rings. The average molecular weight is 792 g/mol. The standard InChI is InChI=1S/C44H61N3O10/c1-5-7-24-54-43(51)47(19-25-53-26-22-50)40-29-38(46-52-4)36-27-32(14-8-10-20-48)35(16-9-11-21-49)41-37-28-34(55-30-33-15-12-13-31(3)45-33)17-18-39(37)57-44(40,42(36)41)56-23-6-2/h5-6,12-13,15,17-18,27-28,32,35,40-42,48-50H,1-2,7-11,14,16,19-26,29-30H2,3-4H3/t32-,35+,40-,41+,42+,44+/m0/s1. The zero-order valence-corrected chi connectivity index (χ0v) is 33.6. The Labute approximate surface area is 336 Å². The van der Waals surface area contributed by atoms with E-state index in [-0.39, 0.29) is 83.6 Å². The van der Waals surface area contributed by atoms with Crippen LogP contribution < -0.4 is 9.47 Å². The summed E-state index contributed by atoms with van der Waals surface area (Å²) in [5, 5.41) is 33.8. The van der Waals surface area contributed by atoms with Crippen LogP contribution in [0.3, 0.4) is 0 Å². The van der Waals surface area contributed by atoms with Gasteiger partial charge in [-0.2, -0.15) is 0 Å². The van der Waals surface area contributed by atoms with Gasteiger partial charge in [-0.1, -0.05) is 42.3 Å². The van der Waals surface area contributed by atoms with E-state index in [2.05, 4.69) is 35.4 Å². The fraction of sp³-hybridized carbons (Fsp3) is 0.568. The van der Waals surface area contributed by atoms with Gasteiger partial charge in [-0.05, 0) is 86.8 Å². The second-order valence-electron chi connectivity index (χ2n) is 14.7. The molecule has 13 heteroatoms. The van der Waals surface area contributed by atoms with E-state index in [1.165, 1.54) is 7.11 Å². The number of allylic oxidation sites excluding steroid dienone is 1. The van der Waals surface area contributed by atoms with Crippen molar-refractivity contribution in [3.63, 3.8) is 0 Å². The van der Waals surface area contributed by atoms with Crippen LogP contribution in [0.1, 0.15) is 74.2 Å². The summed E-state index contributed by atoms with van der Waals surface area (Å²) in [5.74, 6) is -0.742. The normalized spacial score (nSPS) is 24.1. The fourth-order valence-corrected chi connectivity index (χ4v) is 8.70. The molecule has 6 atom stereocenters. The third-order valence-electron chi connectivity index (χ3n) is 11.0. The van der Waals surface area contributed by atoms with Crippen LogP contribution in [0.5, 0.6) is 11.5 Å². The molecule has 0 unspecified atom stereocenters. The number of amides is 1. The number of aryl methyl sites for hydroxylation is 1. The number of oxime groups is 1. The van der Waals surface area contributed by atoms with Crippen LogP contribution in [0.25, 0.3) is 0 Å². The van der Waals surface area contributed by atoms with Gasteiger partial charge in [0.05, 0.1) is 50.4 Å². The molecule has 1 saturated carbocycles. The van der Waals surface area contributed by atoms with Gasteiger partial charge in [0.25, 0.3) is 0 Å². The summed E-state index contributed by atoms with van der Waals surface area (Å²) in [4.78, 5) is 26.0. The summed E-state index contributed by atoms with van der Waals surface area (Å²) >= 11 is 0. The number of nitrogens with zero attached hydrogens (tertiary/aromatic N) is 3. The number of hydrogen-bond donors (Lipinski definition) is 3. The van der Waals surface area contributed by atoms with E-state index in [0.29, 0.717) is 36.5 Å². The highest BCUT2D eigenvalue weighted by Gasteiger charge is 2.65. The zero-order chi connectivity index (χ0) is 40.6. The summed E-state index contributed by atoms with van der Waals surface area (Å²) in [5.41, 5.74) is 4.26. The number of aliphatic hydroxyl groups is 3. The Morgan fingerprint density at radius 3 is 2.56 bits per heavy atom. The van der Waals surface area contributed by atoms with E-state index < -0.39 is 23.8 Å². The first-order valence-corrected chi connectivity index (χ1v) is 20.3. The molecule has 1 amide bonds. The summed E-state index contributed by atoms with van der Waals surface area (Å²) < 4.78 is 32.1. The van der Waals surface area contributed by atoms with Crippen molar-refractivity contribution in [3.8, 4) is 11.5 Å². The molecule has 1 aromatic carbocycles. The molecular formula is C44H61N3O10. The molecule has 2 aliphatic carbocycles. The summed E-state index contributed by atoms with van der Waals surface area (Å²) in [7, 11) is 1.51. The van der Waals surface area contributed by atoms with Crippen LogP contribution >= 0.6 is 0 Å². The van der Waals surface area contributed by atoms with Gasteiger partial charge >= 0.3 is 6.09 Å². The maximum Gasteiger partial charge on any atom is 0.410 e. The van der Waals surface area contributed by atoms with E-state index in [1.54, 1.807) is 17.1 Å². The lowest BCUT2D eigenvalue weighted by Crippen LogP contribution is -2.70. The molecule has 0 radical (unpaired) electrons. The van der Waals surface area contributed by atoms with Crippen LogP contribution in [0.2, 0.25) is 0 Å². The third-order valence-corrected chi connectivity index (χ3v) is 11.0. The zero-order valence-electron chi connectivity index (χ0n) is 33.6. The maximum atomic E-state index is 14.2. The van der Waals surface area contributed by atoms with Gasteiger partial charge in [-0.25, -0.2) is 4.79 Å². The summed E-state index contributed by atoms with van der Waals surface area (Å²) in [6.45, 7) is 10.6. The van der Waals surface area contributed by atoms with Crippen LogP contribution in [0.15, 0.2) is 78.5 Å². The number of hydrogen-bond acceptors (Lipinski definition) is 12. The Balaban J connectivity index is 1.71. The predicted molar refractivity (Wildman–Crippen MR) is 216 cm³/mol. The molecule has 1 fully saturated rings. The number of carbonyl (C=O) groups excluding carboxylic acids is 1. The largest absolute Gasteiger partial charge is 0.487 e. The van der Waals surface area contributed by atoms with Crippen molar-refractivity contribution in [2.24, 2.45) is 22.9 Å². The van der Waals surface area contributed by atoms with E-state index in [4.69, 9.17) is 28.5 Å². The molecule has 0 saturated heterocycles. The van der Waals surface area contributed by atoms with Gasteiger partial charge in [-0.15, -0.1) is 13.2 Å². The predicted octanol–water partition coefficient (Wildman–Crippen LogP) is 6.26. The molecule has 1 aliphatic heterocycles. The molecule has 3 N–H and O–H groups in total. The van der Waals surface area contributed by atoms with E-state index in [1.807, 2.05) is 37.3 Å². The summed E-state index contributed by atoms with van der Waals surface area (Å²) in [6, 6.07) is 10.9. The van der Waals surface area contributed by atoms with Crippen molar-refractivity contribution >= 4 is 11.8 Å². The molecule has 1 aromatic heterocycles. The van der Waals surface area contributed by atoms with Crippen LogP contribution in [-0.2, 0) is 25.7 Å². The first kappa shape index (κ1) is 43.8. The topological polar surface area (TPSA) is 162 Å². The number of unbranched alkanes of at least 4 members (excludes halogenated alkanes) is 2. The lowest BCUT2D eigenvalue weighted by atomic mass is 9.55. The quantitative estimate of drug-likeness (QED) is 0.0626. The first-order valence-electron chi connectivity index (χ1n) is 20.3. The lowest BCUT2D eigenvalue weighted by molar-refractivity contribution is -0.256. The number of rotatable bonds is 24. The van der Waals surface area contributed by atoms with Gasteiger partial charge in [0, 0.05) is 43.4 Å². The number of aliphatic hydroxyl groups excluding tert-OH is 3. The molecule has 2 heterocycles. The number of pyridine rings is 1. The molecule has 5 rings (SSSR count). The number of aromatic nitrogens is 1. The van der Waals surface area contributed by atoms with Gasteiger partial charge in [0.15, 0.2) is 0 Å². The number of ether oxygens (including phenoxy) is 5. The molecule has 0 bridgehead atoms. The monoisotopic (exact) mass is 791 g/mol. The summed E-state index contributed by atoms with van der Waals surface area (Å²) in [6.07, 6.45) is 10.3. The molecule has 312 valence electrons. The fourth-order valence-electron chi connectivity index (χ4n) is 8.70.